The third-order valence-electron chi connectivity index (χ3n) is 14.1. The Morgan fingerprint density at radius 1 is 0.556 bits per heavy atom. The van der Waals surface area contributed by atoms with Crippen molar-refractivity contribution in [2.75, 3.05) is 9.80 Å². The molecule has 1 atom stereocenters. The molecular formula is C59H61BN2O. The lowest BCUT2D eigenvalue weighted by Gasteiger charge is -2.45. The molecule has 316 valence electrons. The number of fused-ring (bicyclic) bond motifs is 8. The maximum Gasteiger partial charge on any atom is 0.252 e. The summed E-state index contributed by atoms with van der Waals surface area (Å²) < 4.78 is 6.79. The minimum atomic E-state index is 0.0238. The van der Waals surface area contributed by atoms with Crippen LogP contribution in [0.15, 0.2) is 138 Å². The van der Waals surface area contributed by atoms with Gasteiger partial charge in [0.2, 0.25) is 0 Å². The van der Waals surface area contributed by atoms with Crippen molar-refractivity contribution in [1.82, 2.24) is 0 Å². The van der Waals surface area contributed by atoms with Gasteiger partial charge in [0.15, 0.2) is 0 Å². The summed E-state index contributed by atoms with van der Waals surface area (Å²) in [7, 11) is 0. The molecule has 0 aliphatic carbocycles. The highest BCUT2D eigenvalue weighted by atomic mass is 16.3. The first-order chi connectivity index (χ1) is 30.9. The van der Waals surface area contributed by atoms with E-state index in [0.717, 1.165) is 30.4 Å². The first-order valence-electron chi connectivity index (χ1n) is 24.0. The lowest BCUT2D eigenvalue weighted by molar-refractivity contribution is 0.596. The molecule has 0 N–H and O–H groups in total. The molecule has 8 aromatic rings. The number of aryl methyl sites for hydroxylation is 4. The predicted octanol–water partition coefficient (Wildman–Crippen LogP) is 15.3. The van der Waals surface area contributed by atoms with Crippen LogP contribution in [0.2, 0.25) is 0 Å². The van der Waals surface area contributed by atoms with Crippen molar-refractivity contribution in [1.29, 1.82) is 0 Å². The normalized spacial score (nSPS) is 13.4. The summed E-state index contributed by atoms with van der Waals surface area (Å²) in [5.74, 6) is 0.580. The Morgan fingerprint density at radius 2 is 1.27 bits per heavy atom. The van der Waals surface area contributed by atoms with Crippen LogP contribution in [0.3, 0.4) is 0 Å². The van der Waals surface area contributed by atoms with E-state index in [1.807, 2.05) is 0 Å². The van der Waals surface area contributed by atoms with Gasteiger partial charge in [-0.3, -0.25) is 0 Å². The van der Waals surface area contributed by atoms with Crippen molar-refractivity contribution >= 4 is 79.2 Å². The molecule has 0 spiro atoms. The average molecular weight is 825 g/mol. The van der Waals surface area contributed by atoms with Crippen molar-refractivity contribution in [3.63, 3.8) is 0 Å². The Bertz CT molecular complexity index is 2940. The van der Waals surface area contributed by atoms with E-state index in [1.54, 1.807) is 0 Å². The Labute approximate surface area is 375 Å². The molecule has 4 heteroatoms. The van der Waals surface area contributed by atoms with Gasteiger partial charge in [0, 0.05) is 33.7 Å². The first-order valence-corrected chi connectivity index (χ1v) is 24.0. The molecule has 63 heavy (non-hydrogen) atoms. The molecule has 3 heterocycles. The van der Waals surface area contributed by atoms with E-state index >= 15 is 0 Å². The van der Waals surface area contributed by atoms with Gasteiger partial charge in [0.05, 0.1) is 16.8 Å². The van der Waals surface area contributed by atoms with E-state index in [2.05, 4.69) is 185 Å². The molecule has 0 bridgehead atoms. The van der Waals surface area contributed by atoms with E-state index in [4.69, 9.17) is 4.42 Å². The number of rotatable bonds is 14. The lowest BCUT2D eigenvalue weighted by Crippen LogP contribution is -2.61. The highest BCUT2D eigenvalue weighted by Gasteiger charge is 2.45. The molecule has 0 saturated heterocycles. The minimum Gasteiger partial charge on any atom is -0.456 e. The van der Waals surface area contributed by atoms with E-state index in [-0.39, 0.29) is 6.71 Å². The number of anilines is 6. The van der Waals surface area contributed by atoms with Gasteiger partial charge in [-0.05, 0) is 163 Å². The van der Waals surface area contributed by atoms with Crippen LogP contribution in [0.1, 0.15) is 113 Å². The van der Waals surface area contributed by atoms with Crippen molar-refractivity contribution in [3.8, 4) is 11.1 Å². The zero-order valence-corrected chi connectivity index (χ0v) is 38.2. The number of hydrogen-bond acceptors (Lipinski definition) is 3. The largest absolute Gasteiger partial charge is 0.456 e. The summed E-state index contributed by atoms with van der Waals surface area (Å²) in [4.78, 5) is 5.22. The summed E-state index contributed by atoms with van der Waals surface area (Å²) in [5.41, 5.74) is 22.5. The predicted molar refractivity (Wildman–Crippen MR) is 272 cm³/mol. The standard InChI is InChI=1S/C59H61BN2O/c1-7-11-14-19-42-24-31-52-50(38-42)60-49-29-33-56-57(48-34-39(5)22-32-55(48)63-56)59(49)62(51-30-23-41(18-12-8-2)37-47(51)45-20-15-13-16-21-45)54-36-40(6)35-53(58(54)60)61(52)46-27-25-44(26-28-46)43(10-4)17-9-3/h13,15-16,20-38,43H,7-12,14,17-19H2,1-6H3. The minimum absolute atomic E-state index is 0.0238. The fourth-order valence-corrected chi connectivity index (χ4v) is 10.9. The Balaban J connectivity index is 1.29. The molecule has 10 rings (SSSR count). The summed E-state index contributed by atoms with van der Waals surface area (Å²) in [6.45, 7) is 13.7. The third kappa shape index (κ3) is 7.26. The van der Waals surface area contributed by atoms with Gasteiger partial charge in [-0.25, -0.2) is 0 Å². The zero-order chi connectivity index (χ0) is 43.2. The molecule has 7 aromatic carbocycles. The molecule has 2 aliphatic rings. The van der Waals surface area contributed by atoms with E-state index < -0.39 is 0 Å². The second kappa shape index (κ2) is 17.3. The Morgan fingerprint density at radius 3 is 2.02 bits per heavy atom. The van der Waals surface area contributed by atoms with Gasteiger partial charge >= 0.3 is 0 Å². The first kappa shape index (κ1) is 41.0. The summed E-state index contributed by atoms with van der Waals surface area (Å²) in [5, 5.41) is 2.36. The lowest BCUT2D eigenvalue weighted by atomic mass is 9.33. The molecule has 0 fully saturated rings. The van der Waals surface area contributed by atoms with Crippen molar-refractivity contribution in [2.45, 2.75) is 112 Å². The molecular weight excluding hydrogens is 763 g/mol. The van der Waals surface area contributed by atoms with Gasteiger partial charge in [0.25, 0.3) is 6.71 Å². The second-order valence-electron chi connectivity index (χ2n) is 18.5. The number of furan rings is 1. The number of unbranched alkanes of at least 4 members (excludes halogenated alkanes) is 3. The quantitative estimate of drug-likeness (QED) is 0.0804. The molecule has 3 nitrogen and oxygen atoms in total. The number of benzene rings is 7. The van der Waals surface area contributed by atoms with Crippen LogP contribution in [-0.2, 0) is 12.8 Å². The SMILES string of the molecule is CCCCCc1ccc2c(c1)B1c3ccc4oc5ccc(C)cc5c4c3N(c3ccc(CCCC)cc3-c3ccccc3)c3cc(C)cc(c31)N2c1ccc(C(CC)CCC)cc1. The van der Waals surface area contributed by atoms with Gasteiger partial charge in [0.1, 0.15) is 11.2 Å². The Hall–Kier alpha value is -6.00. The summed E-state index contributed by atoms with van der Waals surface area (Å²) in [6, 6.07) is 51.6. The topological polar surface area (TPSA) is 19.6 Å². The van der Waals surface area contributed by atoms with Crippen LogP contribution in [-0.4, -0.2) is 6.71 Å². The molecule has 0 radical (unpaired) electrons. The highest BCUT2D eigenvalue weighted by Crippen LogP contribution is 2.50. The van der Waals surface area contributed by atoms with Crippen LogP contribution in [0, 0.1) is 13.8 Å². The van der Waals surface area contributed by atoms with Crippen LogP contribution in [0.5, 0.6) is 0 Å². The molecule has 2 aliphatic heterocycles. The van der Waals surface area contributed by atoms with Gasteiger partial charge in [-0.2, -0.15) is 0 Å². The van der Waals surface area contributed by atoms with Crippen LogP contribution < -0.4 is 26.2 Å². The van der Waals surface area contributed by atoms with Gasteiger partial charge < -0.3 is 14.2 Å². The molecule has 1 unspecified atom stereocenters. The van der Waals surface area contributed by atoms with E-state index in [1.165, 1.54) is 145 Å². The van der Waals surface area contributed by atoms with Gasteiger partial charge in [-0.15, -0.1) is 0 Å². The summed E-state index contributed by atoms with van der Waals surface area (Å²) >= 11 is 0. The van der Waals surface area contributed by atoms with E-state index in [0.29, 0.717) is 5.92 Å². The zero-order valence-electron chi connectivity index (χ0n) is 38.2. The van der Waals surface area contributed by atoms with Crippen LogP contribution >= 0.6 is 0 Å². The van der Waals surface area contributed by atoms with Crippen molar-refractivity contribution in [2.24, 2.45) is 0 Å². The Kier molecular flexibility index (Phi) is 11.3. The van der Waals surface area contributed by atoms with E-state index in [9.17, 15) is 0 Å². The average Bonchev–Trinajstić information content (AvgIpc) is 3.68. The number of nitrogens with zero attached hydrogens (tertiary/aromatic N) is 2. The maximum atomic E-state index is 6.79. The molecule has 0 amide bonds. The fraction of sp³-hybridized carbons (Fsp3) is 0.288. The fourth-order valence-electron chi connectivity index (χ4n) is 10.9. The molecule has 0 saturated carbocycles. The second-order valence-corrected chi connectivity index (χ2v) is 18.5. The van der Waals surface area contributed by atoms with Crippen LogP contribution in [0.25, 0.3) is 33.1 Å². The third-order valence-corrected chi connectivity index (χ3v) is 14.1. The highest BCUT2D eigenvalue weighted by molar-refractivity contribution is 7.00. The van der Waals surface area contributed by atoms with Crippen molar-refractivity contribution < 1.29 is 4.42 Å². The maximum absolute atomic E-state index is 6.79. The van der Waals surface area contributed by atoms with Gasteiger partial charge in [-0.1, -0.05) is 132 Å². The van der Waals surface area contributed by atoms with Crippen LogP contribution in [0.4, 0.5) is 34.1 Å². The summed E-state index contributed by atoms with van der Waals surface area (Å²) in [6.07, 6.45) is 11.7. The smallest absolute Gasteiger partial charge is 0.252 e. The van der Waals surface area contributed by atoms with Crippen molar-refractivity contribution in [3.05, 3.63) is 161 Å². The monoisotopic (exact) mass is 824 g/mol. The molecule has 1 aromatic heterocycles. The number of hydrogen-bond donors (Lipinski definition) is 0.